The minimum absolute atomic E-state index is 0.295. The molecule has 1 aromatic rings. The summed E-state index contributed by atoms with van der Waals surface area (Å²) in [4.78, 5) is 23.7. The lowest BCUT2D eigenvalue weighted by Crippen LogP contribution is -2.20. The van der Waals surface area contributed by atoms with Crippen LogP contribution in [0.2, 0.25) is 0 Å². The van der Waals surface area contributed by atoms with Crippen molar-refractivity contribution in [1.29, 1.82) is 0 Å². The molecule has 0 radical (unpaired) electrons. The predicted octanol–water partition coefficient (Wildman–Crippen LogP) is 2.75. The molecular weight excluding hydrogens is 268 g/mol. The van der Waals surface area contributed by atoms with Gasteiger partial charge in [-0.2, -0.15) is 0 Å². The molecule has 110 valence electrons. The molecule has 21 heavy (non-hydrogen) atoms. The van der Waals surface area contributed by atoms with Gasteiger partial charge in [-0.05, 0) is 25.0 Å². The van der Waals surface area contributed by atoms with Gasteiger partial charge in [0.1, 0.15) is 5.41 Å². The maximum absolute atomic E-state index is 12.2. The third-order valence-electron chi connectivity index (χ3n) is 3.20. The number of esters is 2. The van der Waals surface area contributed by atoms with Crippen molar-refractivity contribution in [2.45, 2.75) is 13.8 Å². The van der Waals surface area contributed by atoms with E-state index < -0.39 is 11.4 Å². The van der Waals surface area contributed by atoms with E-state index in [1.807, 2.05) is 30.3 Å². The van der Waals surface area contributed by atoms with Crippen LogP contribution in [-0.4, -0.2) is 25.2 Å². The molecule has 0 bridgehead atoms. The molecule has 0 aromatic heterocycles. The molecule has 1 aromatic carbocycles. The number of rotatable bonds is 6. The Bertz CT molecular complexity index is 586. The zero-order valence-corrected chi connectivity index (χ0v) is 12.2. The van der Waals surface area contributed by atoms with Gasteiger partial charge in [0, 0.05) is 6.08 Å². The van der Waals surface area contributed by atoms with Crippen LogP contribution >= 0.6 is 0 Å². The van der Waals surface area contributed by atoms with Crippen LogP contribution in [0.4, 0.5) is 0 Å². The molecule has 4 nitrogen and oxygen atoms in total. The summed E-state index contributed by atoms with van der Waals surface area (Å²) in [6, 6.07) is 9.56. The number of hydrogen-bond donors (Lipinski definition) is 0. The molecule has 0 saturated heterocycles. The molecule has 4 heteroatoms. The SMILES string of the molecule is CCOC(=O)/C=C/C1(C(=O)OCC)C=C1c1ccccc1. The fourth-order valence-electron chi connectivity index (χ4n) is 2.15. The van der Waals surface area contributed by atoms with E-state index in [0.717, 1.165) is 11.1 Å². The average molecular weight is 286 g/mol. The standard InChI is InChI=1S/C17H18O4/c1-3-20-15(18)10-11-17(16(19)21-4-2)12-14(17)13-8-6-5-7-9-13/h5-12H,3-4H2,1-2H3/b11-10+. The van der Waals surface area contributed by atoms with Crippen LogP contribution in [0.5, 0.6) is 0 Å². The molecule has 0 aliphatic heterocycles. The Morgan fingerprint density at radius 2 is 1.76 bits per heavy atom. The average Bonchev–Trinajstić information content (AvgIpc) is 3.23. The molecule has 1 unspecified atom stereocenters. The number of carbonyl (C=O) groups is 2. The molecule has 0 heterocycles. The Morgan fingerprint density at radius 3 is 2.38 bits per heavy atom. The van der Waals surface area contributed by atoms with E-state index in [4.69, 9.17) is 9.47 Å². The second-order valence-electron chi connectivity index (χ2n) is 4.60. The summed E-state index contributed by atoms with van der Waals surface area (Å²) in [5.74, 6) is -0.835. The lowest BCUT2D eigenvalue weighted by molar-refractivity contribution is -0.146. The largest absolute Gasteiger partial charge is 0.465 e. The van der Waals surface area contributed by atoms with Gasteiger partial charge in [0.2, 0.25) is 0 Å². The monoisotopic (exact) mass is 286 g/mol. The van der Waals surface area contributed by atoms with Gasteiger partial charge in [0.05, 0.1) is 13.2 Å². The first kappa shape index (κ1) is 15.0. The Kier molecular flexibility index (Phi) is 4.58. The van der Waals surface area contributed by atoms with Crippen LogP contribution in [0.25, 0.3) is 5.57 Å². The molecule has 2 rings (SSSR count). The van der Waals surface area contributed by atoms with E-state index >= 15 is 0 Å². The maximum Gasteiger partial charge on any atom is 0.330 e. The predicted molar refractivity (Wildman–Crippen MR) is 79.3 cm³/mol. The summed E-state index contributed by atoms with van der Waals surface area (Å²) in [6.07, 6.45) is 4.63. The fraction of sp³-hybridized carbons (Fsp3) is 0.294. The van der Waals surface area contributed by atoms with E-state index in [9.17, 15) is 9.59 Å². The molecule has 0 spiro atoms. The van der Waals surface area contributed by atoms with Gasteiger partial charge < -0.3 is 9.47 Å². The maximum atomic E-state index is 12.2. The topological polar surface area (TPSA) is 52.6 Å². The van der Waals surface area contributed by atoms with Crippen LogP contribution in [0.1, 0.15) is 19.4 Å². The van der Waals surface area contributed by atoms with Crippen molar-refractivity contribution < 1.29 is 19.1 Å². The van der Waals surface area contributed by atoms with Crippen LogP contribution in [0.3, 0.4) is 0 Å². The summed E-state index contributed by atoms with van der Waals surface area (Å²) >= 11 is 0. The van der Waals surface area contributed by atoms with Crippen molar-refractivity contribution in [1.82, 2.24) is 0 Å². The molecule has 1 aliphatic carbocycles. The van der Waals surface area contributed by atoms with Gasteiger partial charge in [-0.25, -0.2) is 4.79 Å². The molecule has 0 fully saturated rings. The van der Waals surface area contributed by atoms with Crippen molar-refractivity contribution in [3.05, 3.63) is 54.1 Å². The number of carbonyl (C=O) groups excluding carboxylic acids is 2. The first-order valence-corrected chi connectivity index (χ1v) is 6.96. The third-order valence-corrected chi connectivity index (χ3v) is 3.20. The van der Waals surface area contributed by atoms with Gasteiger partial charge in [-0.3, -0.25) is 4.79 Å². The molecule has 0 N–H and O–H groups in total. The van der Waals surface area contributed by atoms with Gasteiger partial charge >= 0.3 is 11.9 Å². The smallest absolute Gasteiger partial charge is 0.330 e. The minimum Gasteiger partial charge on any atom is -0.465 e. The zero-order chi connectivity index (χ0) is 15.3. The highest BCUT2D eigenvalue weighted by molar-refractivity contribution is 6.08. The Hall–Kier alpha value is -2.36. The quantitative estimate of drug-likeness (QED) is 0.596. The van der Waals surface area contributed by atoms with Crippen molar-refractivity contribution in [2.75, 3.05) is 13.2 Å². The number of benzene rings is 1. The second kappa shape index (κ2) is 6.39. The highest BCUT2D eigenvalue weighted by atomic mass is 16.5. The Labute approximate surface area is 124 Å². The van der Waals surface area contributed by atoms with Crippen LogP contribution in [0.15, 0.2) is 48.6 Å². The lowest BCUT2D eigenvalue weighted by atomic mass is 9.95. The Morgan fingerprint density at radius 1 is 1.10 bits per heavy atom. The zero-order valence-electron chi connectivity index (χ0n) is 12.2. The van der Waals surface area contributed by atoms with Gasteiger partial charge in [-0.1, -0.05) is 42.5 Å². The first-order chi connectivity index (χ1) is 10.1. The van der Waals surface area contributed by atoms with E-state index in [-0.39, 0.29) is 5.97 Å². The summed E-state index contributed by atoms with van der Waals surface area (Å²) in [5, 5.41) is 0. The second-order valence-corrected chi connectivity index (χ2v) is 4.60. The molecular formula is C17H18O4. The summed E-state index contributed by atoms with van der Waals surface area (Å²) < 4.78 is 9.96. The van der Waals surface area contributed by atoms with Crippen LogP contribution in [-0.2, 0) is 19.1 Å². The highest BCUT2D eigenvalue weighted by Crippen LogP contribution is 2.53. The van der Waals surface area contributed by atoms with Crippen molar-refractivity contribution in [2.24, 2.45) is 5.41 Å². The Balaban J connectivity index is 2.20. The highest BCUT2D eigenvalue weighted by Gasteiger charge is 2.50. The van der Waals surface area contributed by atoms with Crippen molar-refractivity contribution >= 4 is 17.5 Å². The van der Waals surface area contributed by atoms with Gasteiger partial charge in [-0.15, -0.1) is 0 Å². The summed E-state index contributed by atoms with van der Waals surface area (Å²) in [6.45, 7) is 4.08. The summed E-state index contributed by atoms with van der Waals surface area (Å²) in [5.41, 5.74) is 0.852. The molecule has 1 aliphatic rings. The van der Waals surface area contributed by atoms with Crippen LogP contribution in [0, 0.1) is 5.41 Å². The van der Waals surface area contributed by atoms with E-state index in [0.29, 0.717) is 13.2 Å². The number of hydrogen-bond acceptors (Lipinski definition) is 4. The summed E-state index contributed by atoms with van der Waals surface area (Å²) in [7, 11) is 0. The van der Waals surface area contributed by atoms with E-state index in [1.54, 1.807) is 26.0 Å². The van der Waals surface area contributed by atoms with Gasteiger partial charge in [0.25, 0.3) is 0 Å². The van der Waals surface area contributed by atoms with Crippen molar-refractivity contribution in [3.8, 4) is 0 Å². The first-order valence-electron chi connectivity index (χ1n) is 6.96. The van der Waals surface area contributed by atoms with E-state index in [2.05, 4.69) is 0 Å². The van der Waals surface area contributed by atoms with Crippen LogP contribution < -0.4 is 0 Å². The van der Waals surface area contributed by atoms with Gasteiger partial charge in [0.15, 0.2) is 0 Å². The molecule has 0 saturated carbocycles. The molecule has 0 amide bonds. The molecule has 1 atom stereocenters. The number of ether oxygens (including phenoxy) is 2. The third kappa shape index (κ3) is 3.21. The normalized spacial score (nSPS) is 20.0. The van der Waals surface area contributed by atoms with Crippen molar-refractivity contribution in [3.63, 3.8) is 0 Å². The lowest BCUT2D eigenvalue weighted by Gasteiger charge is -2.13. The van der Waals surface area contributed by atoms with E-state index in [1.165, 1.54) is 6.08 Å². The minimum atomic E-state index is -0.940. The fourth-order valence-corrected chi connectivity index (χ4v) is 2.15.